The average molecular weight is 353 g/mol. The molecule has 0 radical (unpaired) electrons. The molecular weight excluding hydrogens is 326 g/mol. The molecule has 0 N–H and O–H groups in total. The van der Waals surface area contributed by atoms with E-state index < -0.39 is 0 Å². The summed E-state index contributed by atoms with van der Waals surface area (Å²) in [5.74, 6) is 0.210. The van der Waals surface area contributed by atoms with Crippen molar-refractivity contribution in [2.24, 2.45) is 16.1 Å². The van der Waals surface area contributed by atoms with E-state index >= 15 is 0 Å². The van der Waals surface area contributed by atoms with E-state index in [1.54, 1.807) is 24.3 Å². The van der Waals surface area contributed by atoms with Crippen LogP contribution in [-0.2, 0) is 4.79 Å². The third-order valence-corrected chi connectivity index (χ3v) is 4.33. The van der Waals surface area contributed by atoms with Crippen LogP contribution in [-0.4, -0.2) is 19.1 Å². The quantitative estimate of drug-likeness (QED) is 0.337. The van der Waals surface area contributed by atoms with Gasteiger partial charge in [0, 0.05) is 18.8 Å². The van der Waals surface area contributed by atoms with Crippen LogP contribution in [0.25, 0.3) is 0 Å². The first-order chi connectivity index (χ1) is 12.6. The zero-order valence-corrected chi connectivity index (χ0v) is 16.0. The highest BCUT2D eigenvalue weighted by molar-refractivity contribution is 5.74. The summed E-state index contributed by atoms with van der Waals surface area (Å²) in [6.07, 6.45) is 0.762. The van der Waals surface area contributed by atoms with Crippen molar-refractivity contribution >= 4 is 23.0 Å². The lowest BCUT2D eigenvalue weighted by atomic mass is 10.1. The van der Waals surface area contributed by atoms with E-state index in [9.17, 15) is 4.79 Å². The van der Waals surface area contributed by atoms with E-state index in [2.05, 4.69) is 41.1 Å². The summed E-state index contributed by atoms with van der Waals surface area (Å²) in [6.45, 7) is 10.1. The molecule has 0 heterocycles. The fraction of sp³-hybridized carbons (Fsp3) is 0.381. The van der Waals surface area contributed by atoms with Gasteiger partial charge in [-0.15, -0.1) is 0 Å². The third kappa shape index (κ3) is 5.41. The topological polar surface area (TPSA) is 54.3 Å². The molecule has 2 rings (SSSR count). The van der Waals surface area contributed by atoms with Gasteiger partial charge in [0.05, 0.1) is 17.3 Å². The van der Waals surface area contributed by atoms with Crippen LogP contribution in [0.2, 0.25) is 0 Å². The molecule has 0 aliphatic rings. The molecule has 1 atom stereocenters. The first-order valence-electron chi connectivity index (χ1n) is 9.15. The zero-order chi connectivity index (χ0) is 18.9. The molecule has 0 aliphatic heterocycles. The van der Waals surface area contributed by atoms with Crippen LogP contribution in [0.5, 0.6) is 5.75 Å². The molecule has 0 spiro atoms. The third-order valence-electron chi connectivity index (χ3n) is 4.33. The van der Waals surface area contributed by atoms with Gasteiger partial charge in [0.15, 0.2) is 0 Å². The van der Waals surface area contributed by atoms with Gasteiger partial charge < -0.3 is 9.64 Å². The summed E-state index contributed by atoms with van der Waals surface area (Å²) in [6, 6.07) is 15.1. The molecule has 138 valence electrons. The van der Waals surface area contributed by atoms with Crippen molar-refractivity contribution in [2.45, 2.75) is 34.1 Å². The number of carbonyl (C=O) groups is 1. The summed E-state index contributed by atoms with van der Waals surface area (Å²) in [5.41, 5.74) is 2.69. The minimum atomic E-state index is -0.213. The van der Waals surface area contributed by atoms with Gasteiger partial charge in [0.25, 0.3) is 0 Å². The average Bonchev–Trinajstić information content (AvgIpc) is 2.68. The van der Waals surface area contributed by atoms with Crippen molar-refractivity contribution in [3.05, 3.63) is 48.5 Å². The second kappa shape index (κ2) is 9.70. The molecule has 0 bridgehead atoms. The molecular formula is C21H27N3O2. The normalized spacial score (nSPS) is 12.2. The summed E-state index contributed by atoms with van der Waals surface area (Å²) in [5, 5.41) is 8.49. The summed E-state index contributed by atoms with van der Waals surface area (Å²) < 4.78 is 5.33. The maximum Gasteiger partial charge on any atom is 0.314 e. The fourth-order valence-electron chi connectivity index (χ4n) is 2.40. The predicted molar refractivity (Wildman–Crippen MR) is 106 cm³/mol. The molecule has 0 saturated heterocycles. The number of ether oxygens (including phenoxy) is 1. The Kier molecular flexibility index (Phi) is 7.33. The molecule has 2 aromatic rings. The minimum Gasteiger partial charge on any atom is -0.426 e. The zero-order valence-electron chi connectivity index (χ0n) is 16.0. The van der Waals surface area contributed by atoms with Crippen LogP contribution in [0.3, 0.4) is 0 Å². The first-order valence-corrected chi connectivity index (χ1v) is 9.15. The number of hydrogen-bond donors (Lipinski definition) is 0. The van der Waals surface area contributed by atoms with Crippen LogP contribution in [0.1, 0.15) is 34.1 Å². The van der Waals surface area contributed by atoms with Crippen molar-refractivity contribution < 1.29 is 9.53 Å². The van der Waals surface area contributed by atoms with Gasteiger partial charge in [-0.2, -0.15) is 10.2 Å². The van der Waals surface area contributed by atoms with Gasteiger partial charge in [-0.1, -0.05) is 13.8 Å². The Balaban J connectivity index is 1.99. The van der Waals surface area contributed by atoms with E-state index in [4.69, 9.17) is 4.74 Å². The monoisotopic (exact) mass is 353 g/mol. The van der Waals surface area contributed by atoms with Crippen LogP contribution < -0.4 is 9.64 Å². The number of rotatable bonds is 8. The van der Waals surface area contributed by atoms with Crippen LogP contribution in [0.15, 0.2) is 58.8 Å². The second-order valence-corrected chi connectivity index (χ2v) is 6.11. The van der Waals surface area contributed by atoms with E-state index in [0.717, 1.165) is 25.2 Å². The molecule has 0 amide bonds. The molecule has 5 heteroatoms. The smallest absolute Gasteiger partial charge is 0.314 e. The Morgan fingerprint density at radius 1 is 0.923 bits per heavy atom. The lowest BCUT2D eigenvalue weighted by Crippen LogP contribution is -2.21. The number of carbonyl (C=O) groups excluding carboxylic acids is 1. The Morgan fingerprint density at radius 3 is 1.88 bits per heavy atom. The van der Waals surface area contributed by atoms with Gasteiger partial charge in [0.1, 0.15) is 5.75 Å². The van der Waals surface area contributed by atoms with Crippen molar-refractivity contribution in [1.82, 2.24) is 0 Å². The molecule has 0 aliphatic carbocycles. The van der Waals surface area contributed by atoms with Crippen molar-refractivity contribution in [3.63, 3.8) is 0 Å². The van der Waals surface area contributed by atoms with Crippen LogP contribution in [0, 0.1) is 5.92 Å². The Hall–Kier alpha value is -2.69. The highest BCUT2D eigenvalue weighted by atomic mass is 16.5. The largest absolute Gasteiger partial charge is 0.426 e. The number of esters is 1. The first kappa shape index (κ1) is 19.6. The highest BCUT2D eigenvalue weighted by Gasteiger charge is 2.12. The van der Waals surface area contributed by atoms with Gasteiger partial charge >= 0.3 is 5.97 Å². The van der Waals surface area contributed by atoms with Gasteiger partial charge in [-0.25, -0.2) is 0 Å². The van der Waals surface area contributed by atoms with Crippen LogP contribution >= 0.6 is 0 Å². The van der Waals surface area contributed by atoms with Gasteiger partial charge in [-0.3, -0.25) is 4.79 Å². The van der Waals surface area contributed by atoms with E-state index in [1.165, 1.54) is 5.69 Å². The highest BCUT2D eigenvalue weighted by Crippen LogP contribution is 2.24. The van der Waals surface area contributed by atoms with E-state index in [-0.39, 0.29) is 11.9 Å². The lowest BCUT2D eigenvalue weighted by Gasteiger charge is -2.20. The van der Waals surface area contributed by atoms with Gasteiger partial charge in [-0.05, 0) is 68.8 Å². The van der Waals surface area contributed by atoms with Gasteiger partial charge in [0.2, 0.25) is 0 Å². The fourth-order valence-corrected chi connectivity index (χ4v) is 2.40. The molecule has 0 aromatic heterocycles. The molecule has 2 aromatic carbocycles. The Morgan fingerprint density at radius 2 is 1.42 bits per heavy atom. The Labute approximate surface area is 155 Å². The number of nitrogens with zero attached hydrogens (tertiary/aromatic N) is 3. The number of azo groups is 1. The van der Waals surface area contributed by atoms with Crippen molar-refractivity contribution in [1.29, 1.82) is 0 Å². The standard InChI is InChI=1S/C21H27N3O2/c1-5-16(4)21(25)26-20-14-10-18(11-15-20)23-22-17-8-12-19(13-9-17)24(6-2)7-3/h8-16H,5-7H2,1-4H3. The molecule has 0 saturated carbocycles. The maximum absolute atomic E-state index is 11.8. The van der Waals surface area contributed by atoms with E-state index in [0.29, 0.717) is 11.4 Å². The lowest BCUT2D eigenvalue weighted by molar-refractivity contribution is -0.138. The number of anilines is 1. The van der Waals surface area contributed by atoms with Crippen LogP contribution in [0.4, 0.5) is 17.1 Å². The summed E-state index contributed by atoms with van der Waals surface area (Å²) in [4.78, 5) is 14.1. The van der Waals surface area contributed by atoms with Crippen molar-refractivity contribution in [3.8, 4) is 5.75 Å². The van der Waals surface area contributed by atoms with Crippen molar-refractivity contribution in [2.75, 3.05) is 18.0 Å². The predicted octanol–water partition coefficient (Wildman–Crippen LogP) is 5.90. The molecule has 1 unspecified atom stereocenters. The minimum absolute atomic E-state index is 0.103. The van der Waals surface area contributed by atoms with E-state index in [1.807, 2.05) is 26.0 Å². The SMILES string of the molecule is CCC(C)C(=O)Oc1ccc(N=Nc2ccc(N(CC)CC)cc2)cc1. The molecule has 5 nitrogen and oxygen atoms in total. The summed E-state index contributed by atoms with van der Waals surface area (Å²) >= 11 is 0. The molecule has 0 fully saturated rings. The summed E-state index contributed by atoms with van der Waals surface area (Å²) in [7, 11) is 0. The molecule has 26 heavy (non-hydrogen) atoms. The Bertz CT molecular complexity index is 720. The number of hydrogen-bond acceptors (Lipinski definition) is 5. The number of benzene rings is 2. The second-order valence-electron chi connectivity index (χ2n) is 6.11. The maximum atomic E-state index is 11.8.